The molecule has 17 rings (SSSR count). The van der Waals surface area contributed by atoms with E-state index in [9.17, 15) is 84.2 Å². The molecule has 7 N–H and O–H groups in total. The van der Waals surface area contributed by atoms with Gasteiger partial charge in [-0.1, -0.05) is 128 Å². The first-order valence-corrected chi connectivity index (χ1v) is 47.6. The number of halogens is 11. The fourth-order valence-corrected chi connectivity index (χ4v) is 18.0. The predicted octanol–water partition coefficient (Wildman–Crippen LogP) is 22.5. The minimum absolute atomic E-state index is 0.00995. The summed E-state index contributed by atoms with van der Waals surface area (Å²) < 4.78 is 136. The number of nitro groups is 3. The van der Waals surface area contributed by atoms with E-state index in [0.29, 0.717) is 103 Å². The molecule has 2 amide bonds. The summed E-state index contributed by atoms with van der Waals surface area (Å²) in [6, 6.07) is 67.2. The first-order chi connectivity index (χ1) is 66.7. The molecule has 26 nitrogen and oxygen atoms in total. The van der Waals surface area contributed by atoms with Gasteiger partial charge in [0.1, 0.15) is 36.5 Å². The highest BCUT2D eigenvalue weighted by atomic mass is 35.5. The van der Waals surface area contributed by atoms with Crippen molar-refractivity contribution in [3.05, 3.63) is 271 Å². The number of nitrogens with two attached hydrogens (primary N) is 1. The third-order valence-corrected chi connectivity index (χ3v) is 25.7. The summed E-state index contributed by atoms with van der Waals surface area (Å²) in [6.07, 6.45) is -3.78. The Morgan fingerprint density at radius 3 is 0.935 bits per heavy atom. The molecule has 0 aromatic heterocycles. The van der Waals surface area contributed by atoms with E-state index in [1.54, 1.807) is 0 Å². The molecule has 0 bridgehead atoms. The van der Waals surface area contributed by atoms with Crippen molar-refractivity contribution < 1.29 is 88.0 Å². The first-order valence-electron chi connectivity index (χ1n) is 46.5. The maximum atomic E-state index is 13.3. The number of carboxylic acid groups (broad SMARTS) is 1. The number of nitrogen functional groups attached to an aromatic ring is 1. The van der Waals surface area contributed by atoms with Gasteiger partial charge in [-0.2, -0.15) is 39.5 Å². The van der Waals surface area contributed by atoms with E-state index in [1.807, 2.05) is 64.4 Å². The van der Waals surface area contributed by atoms with E-state index in [0.717, 1.165) is 130 Å². The van der Waals surface area contributed by atoms with Crippen molar-refractivity contribution >= 4 is 141 Å². The van der Waals surface area contributed by atoms with Gasteiger partial charge in [-0.15, -0.1) is 23.2 Å². The summed E-state index contributed by atoms with van der Waals surface area (Å²) in [4.78, 5) is 76.3. The molecule has 37 heteroatoms. The second kappa shape index (κ2) is 50.9. The number of ether oxygens (including phenoxy) is 3. The van der Waals surface area contributed by atoms with Crippen molar-refractivity contribution in [2.24, 2.45) is 0 Å². The van der Waals surface area contributed by atoms with Crippen LogP contribution in [-0.4, -0.2) is 194 Å². The molecule has 3 saturated carbocycles. The van der Waals surface area contributed by atoms with Crippen LogP contribution in [0.2, 0.25) is 0 Å². The maximum Gasteiger partial charge on any atom is 0.423 e. The SMILES string of the molecule is ClCCCCCCl.Nc1ccc2ccccc2c1.O=C(COC1CCC(Nc2ccc([N+](=O)[O-])c(C(F)(F)F)c2)CC1)N1CCN(c2ccc3ccccc3c2)CC1.O=C(COC1CCC(Nc2ccc([N+](=O)[O-])c(C(F)(F)F)c2)CC1)N1CCN(c2ccc3ccccc3c2)CC1.O=C(O)COC1CCC(Nc2ccc([N+](=O)[O-])c(C(F)(F)F)c2)CC1.c1ccc2cc(N3CCNCC3)ccc2c1. The fraction of sp³-hybridized carbons (Fsp3) is 0.402. The Bertz CT molecular complexity index is 5700. The lowest BCUT2D eigenvalue weighted by atomic mass is 9.92. The van der Waals surface area contributed by atoms with Crippen LogP contribution in [0.1, 0.15) is 113 Å². The van der Waals surface area contributed by atoms with Gasteiger partial charge in [0, 0.05) is 166 Å². The summed E-state index contributed by atoms with van der Waals surface area (Å²) in [5, 5.41) is 63.6. The van der Waals surface area contributed by atoms with Crippen molar-refractivity contribution in [1.29, 1.82) is 0 Å². The van der Waals surface area contributed by atoms with E-state index < -0.39 is 73.0 Å². The van der Waals surface area contributed by atoms with Gasteiger partial charge in [-0.25, -0.2) is 4.79 Å². The van der Waals surface area contributed by atoms with Crippen molar-refractivity contribution in [2.75, 3.05) is 147 Å². The zero-order chi connectivity index (χ0) is 99.2. The summed E-state index contributed by atoms with van der Waals surface area (Å²) in [5.41, 5.74) is 3.91. The molecule has 0 radical (unpaired) electrons. The van der Waals surface area contributed by atoms with Gasteiger partial charge in [0.25, 0.3) is 17.1 Å². The van der Waals surface area contributed by atoms with Crippen molar-refractivity contribution in [3.63, 3.8) is 0 Å². The lowest BCUT2D eigenvalue weighted by molar-refractivity contribution is -0.388. The number of nitrogens with zero attached hydrogens (tertiary/aromatic N) is 8. The molecule has 3 saturated heterocycles. The number of benzene rings is 11. The molecule has 0 unspecified atom stereocenters. The zero-order valence-corrected chi connectivity index (χ0v) is 78.1. The monoisotopic (exact) mass is 1970 g/mol. The van der Waals surface area contributed by atoms with E-state index in [1.165, 1.54) is 73.4 Å². The zero-order valence-electron chi connectivity index (χ0n) is 76.6. The standard InChI is InChI=1S/2C29H31F3N4O4.C15H17F3N2O5.C14H16N2.C10H9N.C5H10Cl2/c2*30-29(31,32)26-18-23(8-12-27(26)36(38)39)33-22-6-10-25(11-7-22)40-19-28(37)35-15-13-34(14-16-35)24-9-5-20-3-1-2-4-21(20)17-24;16-15(17,18)12-7-10(3-6-13(12)20(23)24)19-9-1-4-11(5-2-9)25-8-14(21)22;1-2-4-13-11-14(6-5-12(13)3-1)16-9-7-15-8-10-16;11-10-6-5-8-3-1-2-4-9(8)7-10;6-4-2-1-3-5-7/h2*1-5,8-9,12,17-18,22,25,33H,6-7,10-11,13-16,19H2;3,6-7,9,11,19H,1-2,4-5,8H2,(H,21,22);1-6,11,15H,7-10H2;1-7H,11H2;1-5H2. The molecule has 0 spiro atoms. The van der Waals surface area contributed by atoms with E-state index in [-0.39, 0.29) is 85.1 Å². The summed E-state index contributed by atoms with van der Waals surface area (Å²) in [5.74, 6) is 0.423. The number of carbonyl (C=O) groups excluding carboxylic acids is 2. The van der Waals surface area contributed by atoms with Gasteiger partial charge in [0.2, 0.25) is 11.8 Å². The van der Waals surface area contributed by atoms with Gasteiger partial charge in [-0.05, 0) is 218 Å². The third-order valence-electron chi connectivity index (χ3n) is 25.2. The van der Waals surface area contributed by atoms with Crippen LogP contribution in [0.3, 0.4) is 0 Å². The number of fused-ring (bicyclic) bond motifs is 4. The van der Waals surface area contributed by atoms with Crippen LogP contribution in [0.15, 0.2) is 224 Å². The van der Waals surface area contributed by atoms with Crippen molar-refractivity contribution in [3.8, 4) is 0 Å². The number of anilines is 7. The molecular weight excluding hydrogens is 1860 g/mol. The van der Waals surface area contributed by atoms with Crippen LogP contribution in [-0.2, 0) is 47.1 Å². The maximum absolute atomic E-state index is 13.3. The van der Waals surface area contributed by atoms with Gasteiger partial charge in [0.05, 0.1) is 33.1 Å². The number of nitrogens with one attached hydrogen (secondary N) is 4. The number of nitro benzene ring substituents is 3. The Kier molecular flexibility index (Phi) is 38.6. The molecule has 11 aromatic carbocycles. The summed E-state index contributed by atoms with van der Waals surface area (Å²) >= 11 is 10.8. The van der Waals surface area contributed by atoms with Gasteiger partial charge in [-0.3, -0.25) is 39.9 Å². The highest BCUT2D eigenvalue weighted by molar-refractivity contribution is 6.18. The Balaban J connectivity index is 0.000000162. The topological polar surface area (TPSA) is 319 Å². The fourth-order valence-electron chi connectivity index (χ4n) is 17.7. The second-order valence-corrected chi connectivity index (χ2v) is 35.5. The number of carbonyl (C=O) groups is 3. The average Bonchev–Trinajstić information content (AvgIpc) is 0.805. The summed E-state index contributed by atoms with van der Waals surface area (Å²) in [6.45, 7) is 9.55. The number of carboxylic acids is 1. The first kappa shape index (κ1) is 105. The van der Waals surface area contributed by atoms with Crippen molar-refractivity contribution in [1.82, 2.24) is 15.1 Å². The van der Waals surface area contributed by atoms with Gasteiger partial charge >= 0.3 is 24.5 Å². The van der Waals surface area contributed by atoms with E-state index >= 15 is 0 Å². The molecule has 3 heterocycles. The largest absolute Gasteiger partial charge is 0.480 e. The van der Waals surface area contributed by atoms with Crippen LogP contribution < -0.4 is 41.7 Å². The Morgan fingerprint density at radius 1 is 0.367 bits per heavy atom. The average molecular weight is 1970 g/mol. The molecule has 11 aromatic rings. The van der Waals surface area contributed by atoms with E-state index in [2.05, 4.69) is 151 Å². The molecular formula is C102H114Cl2F9N13O13. The number of hydrogen-bond acceptors (Lipinski definition) is 20. The minimum atomic E-state index is -4.82. The van der Waals surface area contributed by atoms with Crippen LogP contribution in [0, 0.1) is 30.3 Å². The minimum Gasteiger partial charge on any atom is -0.480 e. The Hall–Kier alpha value is -12.5. The number of aliphatic carboxylic acids is 1. The molecule has 6 fully saturated rings. The second-order valence-electron chi connectivity index (χ2n) is 34.8. The number of unbranched alkanes of at least 4 members (excludes halogenated alkanes) is 2. The van der Waals surface area contributed by atoms with Crippen LogP contribution >= 0.6 is 23.2 Å². The molecule has 139 heavy (non-hydrogen) atoms. The lowest BCUT2D eigenvalue weighted by Gasteiger charge is -2.36. The van der Waals surface area contributed by atoms with Gasteiger partial charge < -0.3 is 70.8 Å². The number of amides is 2. The molecule has 3 aliphatic carbocycles. The number of piperazine rings is 3. The van der Waals surface area contributed by atoms with Crippen LogP contribution in [0.4, 0.5) is 96.4 Å². The van der Waals surface area contributed by atoms with Crippen LogP contribution in [0.25, 0.3) is 43.1 Å². The highest BCUT2D eigenvalue weighted by Crippen LogP contribution is 2.43. The normalized spacial score (nSPS) is 18.5. The summed E-state index contributed by atoms with van der Waals surface area (Å²) in [7, 11) is 0. The molecule has 0 atom stereocenters. The number of hydrogen-bond donors (Lipinski definition) is 6. The Labute approximate surface area is 809 Å². The van der Waals surface area contributed by atoms with Crippen LogP contribution in [0.5, 0.6) is 0 Å². The predicted molar refractivity (Wildman–Crippen MR) is 527 cm³/mol. The smallest absolute Gasteiger partial charge is 0.423 e. The van der Waals surface area contributed by atoms with E-state index in [4.69, 9.17) is 48.3 Å². The molecule has 742 valence electrons. The quantitative estimate of drug-likeness (QED) is 0.00773. The highest BCUT2D eigenvalue weighted by Gasteiger charge is 2.42. The number of rotatable bonds is 25. The Morgan fingerprint density at radius 2 is 0.647 bits per heavy atom. The molecule has 3 aliphatic heterocycles. The van der Waals surface area contributed by atoms with Gasteiger partial charge in [0.15, 0.2) is 0 Å². The lowest BCUT2D eigenvalue weighted by Crippen LogP contribution is -2.50. The van der Waals surface area contributed by atoms with Crippen molar-refractivity contribution in [2.45, 2.75) is 151 Å². The number of alkyl halides is 11. The third kappa shape index (κ3) is 31.7. The molecule has 6 aliphatic rings.